The number of rotatable bonds is 4. The number of hydrogen-bond donors (Lipinski definition) is 0. The lowest BCUT2D eigenvalue weighted by molar-refractivity contribution is 0.111. The van der Waals surface area contributed by atoms with Crippen molar-refractivity contribution in [2.45, 2.75) is 6.61 Å². The summed E-state index contributed by atoms with van der Waals surface area (Å²) in [6.07, 6.45) is 3.23. The van der Waals surface area contributed by atoms with E-state index in [1.807, 2.05) is 0 Å². The van der Waals surface area contributed by atoms with Crippen LogP contribution in [0.2, 0.25) is 5.02 Å². The molecule has 1 aromatic carbocycles. The number of nitrogens with zero attached hydrogens (tertiary/aromatic N) is 1. The molecule has 0 saturated heterocycles. The molecule has 92 valence electrons. The Labute approximate surface area is 108 Å². The number of ether oxygens (including phenoxy) is 1. The number of halogens is 2. The number of benzene rings is 1. The van der Waals surface area contributed by atoms with Gasteiger partial charge < -0.3 is 4.74 Å². The SMILES string of the molecule is O=Cc1c(Cl)cccc1OCc1cncc(F)c1. The van der Waals surface area contributed by atoms with Gasteiger partial charge in [-0.15, -0.1) is 0 Å². The zero-order valence-electron chi connectivity index (χ0n) is 9.27. The second-order valence-corrected chi connectivity index (χ2v) is 3.98. The third-order valence-corrected chi connectivity index (χ3v) is 2.62. The van der Waals surface area contributed by atoms with Crippen molar-refractivity contribution in [1.29, 1.82) is 0 Å². The van der Waals surface area contributed by atoms with E-state index in [0.29, 0.717) is 22.6 Å². The molecule has 0 amide bonds. The molecule has 0 spiro atoms. The highest BCUT2D eigenvalue weighted by Gasteiger charge is 2.07. The number of aldehydes is 1. The van der Waals surface area contributed by atoms with Gasteiger partial charge >= 0.3 is 0 Å². The molecular weight excluding hydrogens is 257 g/mol. The summed E-state index contributed by atoms with van der Waals surface area (Å²) in [5.41, 5.74) is 0.857. The van der Waals surface area contributed by atoms with Gasteiger partial charge in [-0.25, -0.2) is 4.39 Å². The van der Waals surface area contributed by atoms with E-state index in [0.717, 1.165) is 6.20 Å². The van der Waals surface area contributed by atoms with Crippen LogP contribution in [0.5, 0.6) is 5.75 Å². The Morgan fingerprint density at radius 2 is 2.22 bits per heavy atom. The van der Waals surface area contributed by atoms with Crippen LogP contribution in [-0.4, -0.2) is 11.3 Å². The van der Waals surface area contributed by atoms with Gasteiger partial charge in [-0.2, -0.15) is 0 Å². The summed E-state index contributed by atoms with van der Waals surface area (Å²) in [5, 5.41) is 0.319. The smallest absolute Gasteiger partial charge is 0.155 e. The van der Waals surface area contributed by atoms with Crippen LogP contribution in [0.4, 0.5) is 4.39 Å². The van der Waals surface area contributed by atoms with Crippen LogP contribution >= 0.6 is 11.6 Å². The lowest BCUT2D eigenvalue weighted by Gasteiger charge is -2.09. The van der Waals surface area contributed by atoms with Gasteiger partial charge in [0.2, 0.25) is 0 Å². The highest BCUT2D eigenvalue weighted by Crippen LogP contribution is 2.25. The van der Waals surface area contributed by atoms with Crippen LogP contribution in [0, 0.1) is 5.82 Å². The first-order valence-corrected chi connectivity index (χ1v) is 5.54. The Morgan fingerprint density at radius 3 is 2.94 bits per heavy atom. The third kappa shape index (κ3) is 2.84. The maximum atomic E-state index is 12.9. The van der Waals surface area contributed by atoms with Crippen LogP contribution < -0.4 is 4.74 Å². The molecule has 0 bridgehead atoms. The molecule has 3 nitrogen and oxygen atoms in total. The Kier molecular flexibility index (Phi) is 3.89. The fourth-order valence-corrected chi connectivity index (χ4v) is 1.66. The molecule has 2 aromatic rings. The van der Waals surface area contributed by atoms with E-state index in [1.165, 1.54) is 12.3 Å². The molecular formula is C13H9ClFNO2. The molecule has 0 fully saturated rings. The van der Waals surface area contributed by atoms with E-state index in [1.54, 1.807) is 18.2 Å². The van der Waals surface area contributed by atoms with Crippen LogP contribution in [0.15, 0.2) is 36.7 Å². The third-order valence-electron chi connectivity index (χ3n) is 2.29. The minimum atomic E-state index is -0.433. The lowest BCUT2D eigenvalue weighted by Crippen LogP contribution is -1.99. The fourth-order valence-electron chi connectivity index (χ4n) is 1.45. The van der Waals surface area contributed by atoms with Crippen molar-refractivity contribution in [3.8, 4) is 5.75 Å². The summed E-state index contributed by atoms with van der Waals surface area (Å²) in [4.78, 5) is 14.6. The average molecular weight is 266 g/mol. The quantitative estimate of drug-likeness (QED) is 0.797. The second kappa shape index (κ2) is 5.60. The summed E-state index contributed by atoms with van der Waals surface area (Å²) in [5.74, 6) is -0.0698. The molecule has 1 heterocycles. The first kappa shape index (κ1) is 12.5. The molecule has 0 aliphatic carbocycles. The Bertz CT molecular complexity index is 575. The van der Waals surface area contributed by atoms with Crippen molar-refractivity contribution in [2.24, 2.45) is 0 Å². The lowest BCUT2D eigenvalue weighted by atomic mass is 10.2. The summed E-state index contributed by atoms with van der Waals surface area (Å²) in [6, 6.07) is 6.22. The maximum absolute atomic E-state index is 12.9. The number of aromatic nitrogens is 1. The van der Waals surface area contributed by atoms with Gasteiger partial charge in [0.1, 0.15) is 18.2 Å². The predicted octanol–water partition coefficient (Wildman–Crippen LogP) is 3.27. The molecule has 0 saturated carbocycles. The summed E-state index contributed by atoms with van der Waals surface area (Å²) in [7, 11) is 0. The van der Waals surface area contributed by atoms with Crippen molar-refractivity contribution in [3.63, 3.8) is 0 Å². The summed E-state index contributed by atoms with van der Waals surface area (Å²) < 4.78 is 18.3. The Morgan fingerprint density at radius 1 is 1.39 bits per heavy atom. The monoisotopic (exact) mass is 265 g/mol. The van der Waals surface area contributed by atoms with Gasteiger partial charge in [-0.05, 0) is 18.2 Å². The summed E-state index contributed by atoms with van der Waals surface area (Å²) >= 11 is 5.85. The molecule has 0 atom stereocenters. The molecule has 5 heteroatoms. The van der Waals surface area contributed by atoms with E-state index in [4.69, 9.17) is 16.3 Å². The standard InChI is InChI=1S/C13H9ClFNO2/c14-12-2-1-3-13(11(12)7-17)18-8-9-4-10(15)6-16-5-9/h1-7H,8H2. The fraction of sp³-hybridized carbons (Fsp3) is 0.0769. The first-order valence-electron chi connectivity index (χ1n) is 5.16. The Balaban J connectivity index is 2.15. The van der Waals surface area contributed by atoms with Crippen LogP contribution in [0.3, 0.4) is 0 Å². The molecule has 1 aromatic heterocycles. The minimum absolute atomic E-state index is 0.117. The molecule has 0 N–H and O–H groups in total. The average Bonchev–Trinajstić information content (AvgIpc) is 2.36. The molecule has 0 aliphatic heterocycles. The van der Waals surface area contributed by atoms with E-state index < -0.39 is 5.82 Å². The van der Waals surface area contributed by atoms with E-state index in [9.17, 15) is 9.18 Å². The Hall–Kier alpha value is -1.94. The largest absolute Gasteiger partial charge is 0.488 e. The second-order valence-electron chi connectivity index (χ2n) is 3.57. The highest BCUT2D eigenvalue weighted by molar-refractivity contribution is 6.33. The highest BCUT2D eigenvalue weighted by atomic mass is 35.5. The normalized spacial score (nSPS) is 10.1. The predicted molar refractivity (Wildman–Crippen MR) is 65.4 cm³/mol. The van der Waals surface area contributed by atoms with Crippen LogP contribution in [0.25, 0.3) is 0 Å². The number of carbonyl (C=O) groups excluding carboxylic acids is 1. The zero-order chi connectivity index (χ0) is 13.0. The molecule has 18 heavy (non-hydrogen) atoms. The van der Waals surface area contributed by atoms with E-state index >= 15 is 0 Å². The minimum Gasteiger partial charge on any atom is -0.488 e. The van der Waals surface area contributed by atoms with Crippen molar-refractivity contribution in [2.75, 3.05) is 0 Å². The summed E-state index contributed by atoms with van der Waals surface area (Å²) in [6.45, 7) is 0.117. The number of pyridine rings is 1. The van der Waals surface area contributed by atoms with Crippen molar-refractivity contribution < 1.29 is 13.9 Å². The van der Waals surface area contributed by atoms with E-state index in [-0.39, 0.29) is 12.2 Å². The van der Waals surface area contributed by atoms with E-state index in [2.05, 4.69) is 4.98 Å². The molecule has 0 unspecified atom stereocenters. The van der Waals surface area contributed by atoms with Crippen molar-refractivity contribution >= 4 is 17.9 Å². The van der Waals surface area contributed by atoms with Gasteiger partial charge in [0, 0.05) is 11.8 Å². The zero-order valence-corrected chi connectivity index (χ0v) is 10.0. The van der Waals surface area contributed by atoms with Gasteiger partial charge in [0.25, 0.3) is 0 Å². The van der Waals surface area contributed by atoms with Crippen LogP contribution in [-0.2, 0) is 6.61 Å². The first-order chi connectivity index (χ1) is 8.70. The van der Waals surface area contributed by atoms with Crippen molar-refractivity contribution in [1.82, 2.24) is 4.98 Å². The van der Waals surface area contributed by atoms with Crippen LogP contribution in [0.1, 0.15) is 15.9 Å². The van der Waals surface area contributed by atoms with Gasteiger partial charge in [-0.1, -0.05) is 17.7 Å². The maximum Gasteiger partial charge on any atom is 0.155 e. The molecule has 0 aliphatic rings. The van der Waals surface area contributed by atoms with Gasteiger partial charge in [0.05, 0.1) is 16.8 Å². The molecule has 2 rings (SSSR count). The topological polar surface area (TPSA) is 39.2 Å². The van der Waals surface area contributed by atoms with Gasteiger partial charge in [-0.3, -0.25) is 9.78 Å². The number of carbonyl (C=O) groups is 1. The van der Waals surface area contributed by atoms with Crippen molar-refractivity contribution in [3.05, 3.63) is 58.6 Å². The number of hydrogen-bond acceptors (Lipinski definition) is 3. The molecule has 0 radical (unpaired) electrons. The van der Waals surface area contributed by atoms with Gasteiger partial charge in [0.15, 0.2) is 6.29 Å².